The second kappa shape index (κ2) is 14.6. The number of furan rings is 1. The van der Waals surface area contributed by atoms with E-state index in [1.807, 2.05) is 42.6 Å². The Morgan fingerprint density at radius 3 is 2.25 bits per heavy atom. The molecule has 5 nitrogen and oxygen atoms in total. The molecule has 0 atom stereocenters. The normalized spacial score (nSPS) is 15.0. The van der Waals surface area contributed by atoms with E-state index in [1.165, 1.54) is 44.1 Å². The first-order valence-corrected chi connectivity index (χ1v) is 20.9. The van der Waals surface area contributed by atoms with Crippen LogP contribution < -0.4 is 0 Å². The van der Waals surface area contributed by atoms with E-state index in [0.717, 1.165) is 61.9 Å². The number of aliphatic imine (C=N–C) groups is 3. The topological polar surface area (TPSA) is 55.1 Å². The summed E-state index contributed by atoms with van der Waals surface area (Å²) in [6.07, 6.45) is 13.1. The maximum absolute atomic E-state index is 6.94. The number of benzene rings is 7. The highest BCUT2D eigenvalue weighted by Crippen LogP contribution is 2.53. The van der Waals surface area contributed by atoms with Crippen LogP contribution in [0.4, 0.5) is 0 Å². The number of amidine groups is 2. The molecule has 2 aliphatic carbocycles. The average Bonchev–Trinajstić information content (AvgIpc) is 3.82. The lowest BCUT2D eigenvalue weighted by atomic mass is 9.81. The van der Waals surface area contributed by atoms with Crippen LogP contribution >= 0.6 is 0 Å². The van der Waals surface area contributed by atoms with Crippen molar-refractivity contribution in [2.24, 2.45) is 15.0 Å². The highest BCUT2D eigenvalue weighted by atomic mass is 16.3. The van der Waals surface area contributed by atoms with E-state index in [1.54, 1.807) is 7.05 Å². The first-order chi connectivity index (χ1) is 30.0. The number of para-hydroxylation sites is 3. The van der Waals surface area contributed by atoms with E-state index in [2.05, 4.69) is 169 Å². The van der Waals surface area contributed by atoms with Gasteiger partial charge in [-0.1, -0.05) is 166 Å². The minimum Gasteiger partial charge on any atom is -0.455 e. The summed E-state index contributed by atoms with van der Waals surface area (Å²) in [7, 11) is 1.77. The number of aromatic nitrogens is 1. The monoisotopic (exact) mass is 786 g/mol. The fourth-order valence-corrected chi connectivity index (χ4v) is 9.50. The van der Waals surface area contributed by atoms with Crippen molar-refractivity contribution in [3.8, 4) is 27.9 Å². The molecular weight excluding hydrogens is 745 g/mol. The van der Waals surface area contributed by atoms with E-state index < -0.39 is 0 Å². The molecular formula is C56H42N4O. The van der Waals surface area contributed by atoms with Gasteiger partial charge in [-0.2, -0.15) is 0 Å². The van der Waals surface area contributed by atoms with Gasteiger partial charge in [0, 0.05) is 68.2 Å². The molecule has 0 amide bonds. The minimum atomic E-state index is -0.170. The van der Waals surface area contributed by atoms with E-state index >= 15 is 0 Å². The maximum atomic E-state index is 6.94. The zero-order valence-electron chi connectivity index (χ0n) is 34.3. The van der Waals surface area contributed by atoms with Gasteiger partial charge in [0.2, 0.25) is 0 Å². The molecule has 11 rings (SSSR count). The second-order valence-electron chi connectivity index (χ2n) is 16.3. The summed E-state index contributed by atoms with van der Waals surface area (Å²) in [5.41, 5.74) is 15.3. The molecule has 0 bridgehead atoms. The summed E-state index contributed by atoms with van der Waals surface area (Å²) < 4.78 is 9.41. The van der Waals surface area contributed by atoms with Crippen LogP contribution in [-0.4, -0.2) is 29.5 Å². The van der Waals surface area contributed by atoms with Crippen molar-refractivity contribution in [1.82, 2.24) is 4.57 Å². The smallest absolute Gasteiger partial charge is 0.161 e. The summed E-state index contributed by atoms with van der Waals surface area (Å²) in [6.45, 7) is 4.74. The van der Waals surface area contributed by atoms with Gasteiger partial charge in [0.05, 0.1) is 11.0 Å². The van der Waals surface area contributed by atoms with Crippen LogP contribution in [0.25, 0.3) is 71.7 Å². The van der Waals surface area contributed by atoms with Gasteiger partial charge in [0.15, 0.2) is 11.7 Å². The van der Waals surface area contributed by atoms with E-state index in [9.17, 15) is 0 Å². The van der Waals surface area contributed by atoms with Crippen LogP contribution in [-0.2, 0) is 5.41 Å². The third-order valence-electron chi connectivity index (χ3n) is 12.3. The van der Waals surface area contributed by atoms with Crippen molar-refractivity contribution < 1.29 is 4.42 Å². The van der Waals surface area contributed by atoms with Crippen molar-refractivity contribution in [1.29, 1.82) is 0 Å². The molecule has 2 heterocycles. The molecule has 0 radical (unpaired) electrons. The van der Waals surface area contributed by atoms with Crippen LogP contribution in [0.2, 0.25) is 0 Å². The van der Waals surface area contributed by atoms with Gasteiger partial charge in [0.1, 0.15) is 11.2 Å². The second-order valence-corrected chi connectivity index (χ2v) is 16.3. The summed E-state index contributed by atoms with van der Waals surface area (Å²) >= 11 is 0. The molecule has 0 saturated carbocycles. The number of hydrogen-bond acceptors (Lipinski definition) is 2. The number of allylic oxidation sites excluding steroid dienone is 4. The molecule has 61 heavy (non-hydrogen) atoms. The van der Waals surface area contributed by atoms with Gasteiger partial charge in [0.25, 0.3) is 0 Å². The first kappa shape index (κ1) is 36.4. The Bertz CT molecular complexity index is 3410. The van der Waals surface area contributed by atoms with Crippen molar-refractivity contribution in [3.05, 3.63) is 210 Å². The first-order valence-electron chi connectivity index (χ1n) is 20.9. The number of nitrogens with zero attached hydrogens (tertiary/aromatic N) is 4. The summed E-state index contributed by atoms with van der Waals surface area (Å²) in [5, 5.41) is 4.55. The number of fused-ring (bicyclic) bond motifs is 10. The maximum Gasteiger partial charge on any atom is 0.161 e. The van der Waals surface area contributed by atoms with Crippen LogP contribution in [0.3, 0.4) is 0 Å². The standard InChI is InChI=1S/C56H42N4O/c1-56(2)48-29-15-14-25-42(48)43-31-32-44-47-34-38(30-33-49(47)60(51(44)50(43)56)40-23-12-7-13-24-40)41-26-17-28-46-45-27-16-22-39(52(45)61-53(41)46)35-58-55(37-20-8-4-5-9-21-37)59-54(57-3)36-18-10-6-11-19-36/h4,6-35H,5H2,1-3H3/b57-54-,58-35+,59-55-. The molecule has 0 saturated heterocycles. The van der Waals surface area contributed by atoms with Crippen molar-refractivity contribution in [2.45, 2.75) is 25.7 Å². The van der Waals surface area contributed by atoms with E-state index in [-0.39, 0.29) is 5.41 Å². The third-order valence-corrected chi connectivity index (χ3v) is 12.3. The summed E-state index contributed by atoms with van der Waals surface area (Å²) in [6, 6.07) is 53.9. The molecule has 0 unspecified atom stereocenters. The van der Waals surface area contributed by atoms with Gasteiger partial charge < -0.3 is 8.98 Å². The summed E-state index contributed by atoms with van der Waals surface area (Å²) in [5.74, 6) is 1.19. The SMILES string of the molecule is C\N=C(/N=C(\N=C\c1cccc2c1oc1c(-c3ccc4c(c3)c3ccc5c(c3n4-c3ccccc3)C(C)(C)c3ccccc3-5)cccc12)C1=CC=CCC=C1)c1ccccc1. The van der Waals surface area contributed by atoms with Crippen LogP contribution in [0.5, 0.6) is 0 Å². The number of hydrogen-bond donors (Lipinski definition) is 0. The Balaban J connectivity index is 1.06. The lowest BCUT2D eigenvalue weighted by Crippen LogP contribution is -2.16. The molecule has 0 spiro atoms. The van der Waals surface area contributed by atoms with Crippen molar-refractivity contribution in [2.75, 3.05) is 7.05 Å². The Kier molecular flexibility index (Phi) is 8.71. The Hall–Kier alpha value is -7.63. The average molecular weight is 787 g/mol. The van der Waals surface area contributed by atoms with Gasteiger partial charge >= 0.3 is 0 Å². The summed E-state index contributed by atoms with van der Waals surface area (Å²) in [4.78, 5) is 14.6. The van der Waals surface area contributed by atoms with Crippen LogP contribution in [0.1, 0.15) is 42.5 Å². The minimum absolute atomic E-state index is 0.170. The van der Waals surface area contributed by atoms with Gasteiger partial charge in [-0.3, -0.25) is 4.99 Å². The molecule has 0 N–H and O–H groups in total. The molecule has 5 heteroatoms. The lowest BCUT2D eigenvalue weighted by Gasteiger charge is -2.23. The Morgan fingerprint density at radius 2 is 1.41 bits per heavy atom. The highest BCUT2D eigenvalue weighted by Gasteiger charge is 2.38. The van der Waals surface area contributed by atoms with Gasteiger partial charge in [-0.05, 0) is 64.6 Å². The third kappa shape index (κ3) is 5.96. The molecule has 9 aromatic rings. The zero-order valence-corrected chi connectivity index (χ0v) is 34.3. The van der Waals surface area contributed by atoms with Gasteiger partial charge in [-0.15, -0.1) is 0 Å². The number of rotatable bonds is 5. The van der Waals surface area contributed by atoms with E-state index in [0.29, 0.717) is 11.7 Å². The molecule has 0 aliphatic heterocycles. The van der Waals surface area contributed by atoms with Crippen molar-refractivity contribution in [3.63, 3.8) is 0 Å². The quantitative estimate of drug-likeness (QED) is 0.127. The fraction of sp³-hybridized carbons (Fsp3) is 0.0893. The fourth-order valence-electron chi connectivity index (χ4n) is 9.50. The van der Waals surface area contributed by atoms with Crippen molar-refractivity contribution >= 4 is 61.6 Å². The van der Waals surface area contributed by atoms with E-state index in [4.69, 9.17) is 14.4 Å². The van der Waals surface area contributed by atoms with Crippen LogP contribution in [0, 0.1) is 0 Å². The molecule has 2 aliphatic rings. The van der Waals surface area contributed by atoms with Crippen LogP contribution in [0.15, 0.2) is 207 Å². The highest BCUT2D eigenvalue weighted by molar-refractivity contribution is 6.19. The van der Waals surface area contributed by atoms with Gasteiger partial charge in [-0.25, -0.2) is 9.98 Å². The predicted octanol–water partition coefficient (Wildman–Crippen LogP) is 14.0. The molecule has 7 aromatic carbocycles. The molecule has 2 aromatic heterocycles. The Labute approximate surface area is 354 Å². The lowest BCUT2D eigenvalue weighted by molar-refractivity contribution is 0.664. The zero-order chi connectivity index (χ0) is 41.1. The largest absolute Gasteiger partial charge is 0.455 e. The molecule has 292 valence electrons. The molecule has 0 fully saturated rings. The predicted molar refractivity (Wildman–Crippen MR) is 256 cm³/mol. The Morgan fingerprint density at radius 1 is 0.656 bits per heavy atom.